The number of carbonyl (C=O) groups excluding carboxylic acids is 1. The van der Waals surface area contributed by atoms with Crippen molar-refractivity contribution in [3.8, 4) is 11.1 Å². The van der Waals surface area contributed by atoms with Crippen LogP contribution in [0.25, 0.3) is 22.2 Å². The summed E-state index contributed by atoms with van der Waals surface area (Å²) in [6.45, 7) is 8.64. The molecule has 7 heteroatoms. The van der Waals surface area contributed by atoms with Crippen LogP contribution >= 0.6 is 0 Å². The molecule has 0 saturated carbocycles. The zero-order valence-electron chi connectivity index (χ0n) is 20.4. The molecule has 5 aromatic rings. The van der Waals surface area contributed by atoms with Gasteiger partial charge in [-0.15, -0.1) is 0 Å². The lowest BCUT2D eigenvalue weighted by Gasteiger charge is -2.09. The molecule has 0 aliphatic carbocycles. The molecule has 7 nitrogen and oxygen atoms in total. The van der Waals surface area contributed by atoms with Gasteiger partial charge in [-0.2, -0.15) is 10.2 Å². The highest BCUT2D eigenvalue weighted by Crippen LogP contribution is 2.29. The number of hydrogen-bond acceptors (Lipinski definition) is 4. The van der Waals surface area contributed by atoms with Crippen molar-refractivity contribution in [1.29, 1.82) is 0 Å². The number of aromatic nitrogens is 5. The van der Waals surface area contributed by atoms with Crippen molar-refractivity contribution in [3.05, 3.63) is 95.1 Å². The van der Waals surface area contributed by atoms with Gasteiger partial charge in [0.2, 0.25) is 5.91 Å². The largest absolute Gasteiger partial charge is 0.321 e. The van der Waals surface area contributed by atoms with Crippen molar-refractivity contribution in [3.63, 3.8) is 0 Å². The zero-order chi connectivity index (χ0) is 24.5. The minimum Gasteiger partial charge on any atom is -0.321 e. The monoisotopic (exact) mass is 464 g/mol. The number of nitrogens with zero attached hydrogens (tertiary/aromatic N) is 5. The fourth-order valence-electron chi connectivity index (χ4n) is 4.58. The summed E-state index contributed by atoms with van der Waals surface area (Å²) in [7, 11) is 0. The molecule has 3 heterocycles. The summed E-state index contributed by atoms with van der Waals surface area (Å²) >= 11 is 0. The zero-order valence-corrected chi connectivity index (χ0v) is 20.4. The Morgan fingerprint density at radius 2 is 1.66 bits per heavy atom. The molecule has 0 unspecified atom stereocenters. The predicted molar refractivity (Wildman–Crippen MR) is 138 cm³/mol. The molecule has 0 aliphatic heterocycles. The van der Waals surface area contributed by atoms with Gasteiger partial charge in [-0.05, 0) is 50.5 Å². The SMILES string of the molecule is Cc1cccc(Cn2nc(C)c(NC(=O)Cn3nc(C)c4c(-c5ccccc5)ccnc43)c2C)c1. The summed E-state index contributed by atoms with van der Waals surface area (Å²) < 4.78 is 3.61. The Kier molecular flexibility index (Phi) is 5.91. The van der Waals surface area contributed by atoms with Gasteiger partial charge in [-0.25, -0.2) is 9.67 Å². The Balaban J connectivity index is 1.39. The van der Waals surface area contributed by atoms with Gasteiger partial charge in [-0.3, -0.25) is 9.48 Å². The maximum atomic E-state index is 13.1. The molecule has 1 N–H and O–H groups in total. The first-order chi connectivity index (χ1) is 16.9. The van der Waals surface area contributed by atoms with Gasteiger partial charge < -0.3 is 5.32 Å². The second kappa shape index (κ2) is 9.18. The molecule has 0 spiro atoms. The first-order valence-corrected chi connectivity index (χ1v) is 11.7. The number of pyridine rings is 1. The second-order valence-electron chi connectivity index (χ2n) is 8.91. The van der Waals surface area contributed by atoms with Gasteiger partial charge in [-0.1, -0.05) is 60.2 Å². The van der Waals surface area contributed by atoms with Crippen LogP contribution < -0.4 is 5.32 Å². The Hall–Kier alpha value is -4.26. The van der Waals surface area contributed by atoms with Crippen LogP contribution in [0.5, 0.6) is 0 Å². The molecule has 0 bridgehead atoms. The van der Waals surface area contributed by atoms with Crippen LogP contribution in [0.1, 0.15) is 28.2 Å². The van der Waals surface area contributed by atoms with Crippen LogP contribution in [-0.4, -0.2) is 30.5 Å². The van der Waals surface area contributed by atoms with Crippen LogP contribution in [0.2, 0.25) is 0 Å². The lowest BCUT2D eigenvalue weighted by molar-refractivity contribution is -0.116. The van der Waals surface area contributed by atoms with E-state index in [1.807, 2.05) is 55.8 Å². The first-order valence-electron chi connectivity index (χ1n) is 11.7. The van der Waals surface area contributed by atoms with E-state index in [0.29, 0.717) is 12.2 Å². The summed E-state index contributed by atoms with van der Waals surface area (Å²) in [5.41, 5.74) is 8.53. The number of anilines is 1. The Labute approximate surface area is 204 Å². The molecule has 5 rings (SSSR count). The van der Waals surface area contributed by atoms with Crippen molar-refractivity contribution >= 4 is 22.6 Å². The topological polar surface area (TPSA) is 77.6 Å². The van der Waals surface area contributed by atoms with Crippen molar-refractivity contribution in [1.82, 2.24) is 24.5 Å². The summed E-state index contributed by atoms with van der Waals surface area (Å²) in [6, 6.07) is 20.5. The highest BCUT2D eigenvalue weighted by molar-refractivity contribution is 5.96. The lowest BCUT2D eigenvalue weighted by Crippen LogP contribution is -2.20. The third kappa shape index (κ3) is 4.45. The van der Waals surface area contributed by atoms with E-state index in [9.17, 15) is 4.79 Å². The van der Waals surface area contributed by atoms with Gasteiger partial charge >= 0.3 is 0 Å². The highest BCUT2D eigenvalue weighted by Gasteiger charge is 2.18. The maximum absolute atomic E-state index is 13.1. The van der Waals surface area contributed by atoms with E-state index in [0.717, 1.165) is 39.3 Å². The molecule has 3 aromatic heterocycles. The number of carbonyl (C=O) groups is 1. The standard InChI is InChI=1S/C28H28N6O/c1-18-9-8-10-22(15-18)16-33-21(4)27(20(3)32-33)30-25(35)17-34-28-26(19(2)31-34)24(13-14-29-28)23-11-6-5-7-12-23/h5-15H,16-17H2,1-4H3,(H,30,35). The van der Waals surface area contributed by atoms with Crippen molar-refractivity contribution in [2.45, 2.75) is 40.8 Å². The average molecular weight is 465 g/mol. The fourth-order valence-corrected chi connectivity index (χ4v) is 4.58. The Morgan fingerprint density at radius 3 is 2.43 bits per heavy atom. The molecule has 0 saturated heterocycles. The maximum Gasteiger partial charge on any atom is 0.246 e. The van der Waals surface area contributed by atoms with Crippen LogP contribution in [-0.2, 0) is 17.9 Å². The summed E-state index contributed by atoms with van der Waals surface area (Å²) in [4.78, 5) is 17.6. The predicted octanol–water partition coefficient (Wildman–Crippen LogP) is 5.22. The van der Waals surface area contributed by atoms with Crippen molar-refractivity contribution in [2.24, 2.45) is 0 Å². The molecule has 1 amide bonds. The van der Waals surface area contributed by atoms with Crippen molar-refractivity contribution in [2.75, 3.05) is 5.32 Å². The van der Waals surface area contributed by atoms with Gasteiger partial charge in [0.15, 0.2) is 5.65 Å². The summed E-state index contributed by atoms with van der Waals surface area (Å²) in [5.74, 6) is -0.164. The third-order valence-electron chi connectivity index (χ3n) is 6.25. The minimum absolute atomic E-state index is 0.0670. The summed E-state index contributed by atoms with van der Waals surface area (Å²) in [6.07, 6.45) is 1.77. The number of rotatable bonds is 6. The van der Waals surface area contributed by atoms with E-state index in [1.165, 1.54) is 11.1 Å². The normalized spacial score (nSPS) is 11.2. The first kappa shape index (κ1) is 22.5. The number of amides is 1. The molecule has 2 aromatic carbocycles. The quantitative estimate of drug-likeness (QED) is 0.374. The number of aryl methyl sites for hydroxylation is 3. The Bertz CT molecular complexity index is 1530. The van der Waals surface area contributed by atoms with E-state index < -0.39 is 0 Å². The van der Waals surface area contributed by atoms with Crippen molar-refractivity contribution < 1.29 is 4.79 Å². The van der Waals surface area contributed by atoms with Gasteiger partial charge in [0.1, 0.15) is 6.54 Å². The third-order valence-corrected chi connectivity index (χ3v) is 6.25. The average Bonchev–Trinajstić information content (AvgIpc) is 3.30. The van der Waals surface area contributed by atoms with E-state index in [2.05, 4.69) is 57.8 Å². The number of fused-ring (bicyclic) bond motifs is 1. The van der Waals surface area contributed by atoms with Crippen LogP contribution in [0.15, 0.2) is 66.9 Å². The number of nitrogens with one attached hydrogen (secondary N) is 1. The molecular weight excluding hydrogens is 436 g/mol. The number of hydrogen-bond donors (Lipinski definition) is 1. The van der Waals surface area contributed by atoms with E-state index in [1.54, 1.807) is 10.9 Å². The van der Waals surface area contributed by atoms with E-state index >= 15 is 0 Å². The molecular formula is C28H28N6O. The smallest absolute Gasteiger partial charge is 0.246 e. The Morgan fingerprint density at radius 1 is 0.886 bits per heavy atom. The van der Waals surface area contributed by atoms with Crippen LogP contribution in [0, 0.1) is 27.7 Å². The van der Waals surface area contributed by atoms with Crippen LogP contribution in [0.3, 0.4) is 0 Å². The molecule has 0 aliphatic rings. The highest BCUT2D eigenvalue weighted by atomic mass is 16.2. The van der Waals surface area contributed by atoms with E-state index in [4.69, 9.17) is 0 Å². The molecule has 35 heavy (non-hydrogen) atoms. The van der Waals surface area contributed by atoms with Gasteiger partial charge in [0.05, 0.1) is 29.3 Å². The second-order valence-corrected chi connectivity index (χ2v) is 8.91. The van der Waals surface area contributed by atoms with E-state index in [-0.39, 0.29) is 12.5 Å². The molecule has 0 radical (unpaired) electrons. The molecule has 0 fully saturated rings. The minimum atomic E-state index is -0.164. The molecule has 176 valence electrons. The van der Waals surface area contributed by atoms with Gasteiger partial charge in [0.25, 0.3) is 0 Å². The van der Waals surface area contributed by atoms with Gasteiger partial charge in [0, 0.05) is 11.6 Å². The molecule has 0 atom stereocenters. The fraction of sp³-hybridized carbons (Fsp3) is 0.214. The summed E-state index contributed by atoms with van der Waals surface area (Å²) in [5, 5.41) is 13.3. The van der Waals surface area contributed by atoms with Crippen LogP contribution in [0.4, 0.5) is 5.69 Å². The number of benzene rings is 2. The lowest BCUT2D eigenvalue weighted by atomic mass is 10.0.